The number of benzene rings is 2. The molecular weight excluding hydrogens is 340 g/mol. The van der Waals surface area contributed by atoms with E-state index in [-0.39, 0.29) is 5.91 Å². The van der Waals surface area contributed by atoms with E-state index in [9.17, 15) is 4.79 Å². The van der Waals surface area contributed by atoms with E-state index in [2.05, 4.69) is 31.3 Å². The lowest BCUT2D eigenvalue weighted by Crippen LogP contribution is -2.30. The zero-order valence-corrected chi connectivity index (χ0v) is 16.9. The van der Waals surface area contributed by atoms with E-state index in [0.717, 1.165) is 29.2 Å². The van der Waals surface area contributed by atoms with E-state index in [4.69, 9.17) is 9.47 Å². The maximum Gasteiger partial charge on any atom is 0.238 e. The zero-order valence-electron chi connectivity index (χ0n) is 16.9. The van der Waals surface area contributed by atoms with Gasteiger partial charge in [0.25, 0.3) is 0 Å². The molecule has 1 N–H and O–H groups in total. The van der Waals surface area contributed by atoms with Crippen LogP contribution in [0.5, 0.6) is 11.5 Å². The van der Waals surface area contributed by atoms with Crippen molar-refractivity contribution in [1.82, 2.24) is 4.90 Å². The summed E-state index contributed by atoms with van der Waals surface area (Å²) < 4.78 is 10.6. The molecule has 0 saturated carbocycles. The lowest BCUT2D eigenvalue weighted by atomic mass is 9.99. The fraction of sp³-hybridized carbons (Fsp3) is 0.409. The third kappa shape index (κ3) is 6.00. The number of rotatable bonds is 9. The highest BCUT2D eigenvalue weighted by molar-refractivity contribution is 5.92. The lowest BCUT2D eigenvalue weighted by molar-refractivity contribution is -0.117. The number of hydrogen-bond acceptors (Lipinski definition) is 4. The van der Waals surface area contributed by atoms with E-state index >= 15 is 0 Å². The van der Waals surface area contributed by atoms with Gasteiger partial charge >= 0.3 is 0 Å². The summed E-state index contributed by atoms with van der Waals surface area (Å²) in [6, 6.07) is 13.8. The first-order valence-electron chi connectivity index (χ1n) is 9.26. The molecule has 146 valence electrons. The molecule has 0 aliphatic rings. The number of hydrogen-bond donors (Lipinski definition) is 1. The van der Waals surface area contributed by atoms with Gasteiger partial charge in [-0.15, -0.1) is 0 Å². The summed E-state index contributed by atoms with van der Waals surface area (Å²) in [6.45, 7) is 5.28. The van der Waals surface area contributed by atoms with Crippen LogP contribution in [0.25, 0.3) is 0 Å². The summed E-state index contributed by atoms with van der Waals surface area (Å²) in [5.41, 5.74) is 3.12. The molecule has 0 saturated heterocycles. The van der Waals surface area contributed by atoms with Crippen molar-refractivity contribution < 1.29 is 14.3 Å². The average molecular weight is 370 g/mol. The average Bonchev–Trinajstić information content (AvgIpc) is 2.68. The number of amides is 1. The predicted molar refractivity (Wildman–Crippen MR) is 110 cm³/mol. The number of carbonyl (C=O) groups excluding carboxylic acids is 1. The molecule has 1 atom stereocenters. The van der Waals surface area contributed by atoms with Gasteiger partial charge in [-0.3, -0.25) is 9.69 Å². The molecule has 0 fully saturated rings. The van der Waals surface area contributed by atoms with Crippen LogP contribution in [0.1, 0.15) is 37.3 Å². The molecule has 0 bridgehead atoms. The molecule has 1 amide bonds. The van der Waals surface area contributed by atoms with Gasteiger partial charge in [-0.1, -0.05) is 32.0 Å². The quantitative estimate of drug-likeness (QED) is 0.715. The minimum Gasteiger partial charge on any atom is -0.497 e. The predicted octanol–water partition coefficient (Wildman–Crippen LogP) is 4.29. The summed E-state index contributed by atoms with van der Waals surface area (Å²) in [6.07, 6.45) is 1.10. The van der Waals surface area contributed by atoms with Crippen molar-refractivity contribution in [2.24, 2.45) is 0 Å². The smallest absolute Gasteiger partial charge is 0.238 e. The Kier molecular flexibility index (Phi) is 7.67. The summed E-state index contributed by atoms with van der Waals surface area (Å²) >= 11 is 0. The van der Waals surface area contributed by atoms with Gasteiger partial charge in [0.1, 0.15) is 11.5 Å². The van der Waals surface area contributed by atoms with Crippen LogP contribution >= 0.6 is 0 Å². The molecule has 5 heteroatoms. The second-order valence-electron chi connectivity index (χ2n) is 6.83. The number of likely N-dealkylation sites (N-methyl/N-ethyl adjacent to an activating group) is 1. The van der Waals surface area contributed by atoms with Crippen molar-refractivity contribution in [2.75, 3.05) is 33.1 Å². The van der Waals surface area contributed by atoms with E-state index in [1.807, 2.05) is 42.3 Å². The van der Waals surface area contributed by atoms with Crippen molar-refractivity contribution in [3.63, 3.8) is 0 Å². The number of anilines is 1. The van der Waals surface area contributed by atoms with E-state index < -0.39 is 0 Å². The number of ether oxygens (including phenoxy) is 2. The molecule has 0 heterocycles. The summed E-state index contributed by atoms with van der Waals surface area (Å²) in [5, 5.41) is 2.96. The molecule has 0 aliphatic heterocycles. The maximum atomic E-state index is 12.3. The fourth-order valence-corrected chi connectivity index (χ4v) is 2.91. The van der Waals surface area contributed by atoms with Crippen LogP contribution in [0.15, 0.2) is 42.5 Å². The maximum absolute atomic E-state index is 12.3. The van der Waals surface area contributed by atoms with Crippen molar-refractivity contribution in [3.8, 4) is 11.5 Å². The minimum atomic E-state index is -0.0405. The molecule has 5 nitrogen and oxygen atoms in total. The second kappa shape index (κ2) is 9.97. The summed E-state index contributed by atoms with van der Waals surface area (Å²) in [4.78, 5) is 14.3. The van der Waals surface area contributed by atoms with Gasteiger partial charge in [0.2, 0.25) is 5.91 Å². The van der Waals surface area contributed by atoms with Crippen molar-refractivity contribution >= 4 is 11.6 Å². The Morgan fingerprint density at radius 2 is 1.81 bits per heavy atom. The van der Waals surface area contributed by atoms with E-state index in [1.54, 1.807) is 14.2 Å². The Morgan fingerprint density at radius 3 is 2.41 bits per heavy atom. The largest absolute Gasteiger partial charge is 0.497 e. The molecule has 0 radical (unpaired) electrons. The first kappa shape index (κ1) is 20.8. The van der Waals surface area contributed by atoms with Gasteiger partial charge in [0.15, 0.2) is 0 Å². The van der Waals surface area contributed by atoms with Gasteiger partial charge in [0.05, 0.1) is 20.8 Å². The van der Waals surface area contributed by atoms with Crippen LogP contribution in [-0.2, 0) is 11.3 Å². The second-order valence-corrected chi connectivity index (χ2v) is 6.83. The zero-order chi connectivity index (χ0) is 19.8. The van der Waals surface area contributed by atoms with Crippen LogP contribution in [0.3, 0.4) is 0 Å². The molecule has 0 spiro atoms. The van der Waals surface area contributed by atoms with Gasteiger partial charge in [0, 0.05) is 23.9 Å². The topological polar surface area (TPSA) is 50.8 Å². The highest BCUT2D eigenvalue weighted by Crippen LogP contribution is 2.25. The third-order valence-electron chi connectivity index (χ3n) is 4.72. The van der Waals surface area contributed by atoms with Crippen LogP contribution in [0, 0.1) is 0 Å². The van der Waals surface area contributed by atoms with E-state index in [1.165, 1.54) is 5.56 Å². The highest BCUT2D eigenvalue weighted by atomic mass is 16.5. The van der Waals surface area contributed by atoms with Crippen molar-refractivity contribution in [1.29, 1.82) is 0 Å². The Balaban J connectivity index is 1.92. The molecular formula is C22H30N2O3. The van der Waals surface area contributed by atoms with Gasteiger partial charge in [-0.2, -0.15) is 0 Å². The van der Waals surface area contributed by atoms with Crippen molar-refractivity contribution in [2.45, 2.75) is 32.7 Å². The molecule has 27 heavy (non-hydrogen) atoms. The number of methoxy groups -OCH3 is 2. The van der Waals surface area contributed by atoms with Gasteiger partial charge in [-0.25, -0.2) is 0 Å². The van der Waals surface area contributed by atoms with Crippen LogP contribution < -0.4 is 14.8 Å². The van der Waals surface area contributed by atoms with Crippen LogP contribution in [-0.4, -0.2) is 38.6 Å². The fourth-order valence-electron chi connectivity index (χ4n) is 2.91. The standard InChI is InChI=1S/C22H30N2O3/c1-6-16(2)17-7-10-19(11-8-17)23-22(25)15-24(3)14-18-9-12-20(26-4)13-21(18)27-5/h7-13,16H,6,14-15H2,1-5H3,(H,23,25)/t16-/m1/s1. The number of nitrogens with zero attached hydrogens (tertiary/aromatic N) is 1. The molecule has 0 aromatic heterocycles. The summed E-state index contributed by atoms with van der Waals surface area (Å²) in [5.74, 6) is 1.99. The number of nitrogens with one attached hydrogen (secondary N) is 1. The lowest BCUT2D eigenvalue weighted by Gasteiger charge is -2.18. The molecule has 0 unspecified atom stereocenters. The highest BCUT2D eigenvalue weighted by Gasteiger charge is 2.12. The molecule has 2 aromatic rings. The van der Waals surface area contributed by atoms with Crippen LogP contribution in [0.4, 0.5) is 5.69 Å². The van der Waals surface area contributed by atoms with Gasteiger partial charge < -0.3 is 14.8 Å². The van der Waals surface area contributed by atoms with Gasteiger partial charge in [-0.05, 0) is 43.1 Å². The van der Waals surface area contributed by atoms with E-state index in [0.29, 0.717) is 19.0 Å². The first-order valence-corrected chi connectivity index (χ1v) is 9.26. The molecule has 2 rings (SSSR count). The monoisotopic (exact) mass is 370 g/mol. The van der Waals surface area contributed by atoms with Crippen LogP contribution in [0.2, 0.25) is 0 Å². The third-order valence-corrected chi connectivity index (χ3v) is 4.72. The Morgan fingerprint density at radius 1 is 1.11 bits per heavy atom. The minimum absolute atomic E-state index is 0.0405. The molecule has 0 aliphatic carbocycles. The SMILES string of the molecule is CC[C@@H](C)c1ccc(NC(=O)CN(C)Cc2ccc(OC)cc2OC)cc1. The number of carbonyl (C=O) groups is 1. The Bertz CT molecular complexity index is 744. The Labute approximate surface area is 162 Å². The summed E-state index contributed by atoms with van der Waals surface area (Å²) in [7, 11) is 5.17. The first-order chi connectivity index (χ1) is 13.0. The van der Waals surface area contributed by atoms with Crippen molar-refractivity contribution in [3.05, 3.63) is 53.6 Å². The molecule has 2 aromatic carbocycles. The Hall–Kier alpha value is -2.53. The normalized spacial score (nSPS) is 11.9.